The maximum Gasteiger partial charge on any atom is 0.240 e. The van der Waals surface area contributed by atoms with Gasteiger partial charge >= 0.3 is 0 Å². The van der Waals surface area contributed by atoms with E-state index in [0.29, 0.717) is 5.02 Å². The van der Waals surface area contributed by atoms with Crippen LogP contribution in [-0.4, -0.2) is 52.6 Å². The highest BCUT2D eigenvalue weighted by molar-refractivity contribution is 7.89. The van der Waals surface area contributed by atoms with E-state index in [9.17, 15) is 8.42 Å². The number of hydrogen-bond donors (Lipinski definition) is 1. The Hall–Kier alpha value is -2.10. The number of ether oxygens (including phenoxy) is 1. The maximum absolute atomic E-state index is 13.0. The normalized spacial score (nSPS) is 17.0. The van der Waals surface area contributed by atoms with E-state index in [2.05, 4.69) is 26.7 Å². The van der Waals surface area contributed by atoms with Gasteiger partial charge in [0.25, 0.3) is 0 Å². The van der Waals surface area contributed by atoms with Crippen molar-refractivity contribution in [1.82, 2.24) is 9.62 Å². The van der Waals surface area contributed by atoms with Gasteiger partial charge in [-0.3, -0.25) is 4.90 Å². The van der Waals surface area contributed by atoms with Gasteiger partial charge in [0.2, 0.25) is 10.0 Å². The molecule has 2 aromatic carbocycles. The van der Waals surface area contributed by atoms with E-state index >= 15 is 0 Å². The standard InChI is InChI=1S/C24H28ClN3O3S2/c1-18(26-33(29,30)20-11-9-19(25)10-12-20)24(23-8-5-17-32-23)28-15-13-27(14-16-28)21-6-3-4-7-22(21)31-2/h3-12,17-18,24,26H,13-16H2,1-2H3/t18-,24-/m1/s1. The Morgan fingerprint density at radius 1 is 1.00 bits per heavy atom. The molecule has 6 nitrogen and oxygen atoms in total. The van der Waals surface area contributed by atoms with Gasteiger partial charge in [-0.2, -0.15) is 0 Å². The first kappa shape index (κ1) is 24.0. The molecule has 2 heterocycles. The third-order valence-corrected chi connectivity index (χ3v) is 8.68. The number of sulfonamides is 1. The van der Waals surface area contributed by atoms with Crippen LogP contribution < -0.4 is 14.4 Å². The highest BCUT2D eigenvalue weighted by atomic mass is 35.5. The van der Waals surface area contributed by atoms with Crippen molar-refractivity contribution in [3.8, 4) is 5.75 Å². The molecule has 2 atom stereocenters. The molecule has 0 radical (unpaired) electrons. The van der Waals surface area contributed by atoms with E-state index in [0.717, 1.165) is 42.5 Å². The van der Waals surface area contributed by atoms with E-state index in [4.69, 9.17) is 16.3 Å². The lowest BCUT2D eigenvalue weighted by molar-refractivity contribution is 0.163. The number of nitrogens with one attached hydrogen (secondary N) is 1. The number of benzene rings is 2. The van der Waals surface area contributed by atoms with Gasteiger partial charge in [-0.15, -0.1) is 11.3 Å². The third kappa shape index (κ3) is 5.53. The summed E-state index contributed by atoms with van der Waals surface area (Å²) in [5.41, 5.74) is 1.09. The second-order valence-electron chi connectivity index (χ2n) is 8.02. The van der Waals surface area contributed by atoms with Gasteiger partial charge in [0, 0.05) is 42.1 Å². The van der Waals surface area contributed by atoms with Crippen molar-refractivity contribution in [2.24, 2.45) is 0 Å². The number of anilines is 1. The van der Waals surface area contributed by atoms with Crippen molar-refractivity contribution in [1.29, 1.82) is 0 Å². The molecule has 0 amide bonds. The van der Waals surface area contributed by atoms with Crippen LogP contribution in [0.3, 0.4) is 0 Å². The van der Waals surface area contributed by atoms with Crippen LogP contribution in [0.5, 0.6) is 5.75 Å². The Balaban J connectivity index is 1.51. The predicted octanol–water partition coefficient (Wildman–Crippen LogP) is 4.64. The zero-order chi connectivity index (χ0) is 23.4. The minimum atomic E-state index is -3.67. The maximum atomic E-state index is 13.0. The van der Waals surface area contributed by atoms with Crippen molar-refractivity contribution >= 4 is 38.6 Å². The number of rotatable bonds is 8. The molecule has 0 saturated carbocycles. The Bertz CT molecular complexity index is 1150. The second-order valence-corrected chi connectivity index (χ2v) is 11.1. The number of piperazine rings is 1. The molecule has 4 rings (SSSR count). The fourth-order valence-electron chi connectivity index (χ4n) is 4.33. The molecular formula is C24H28ClN3O3S2. The Kier molecular flexibility index (Phi) is 7.61. The van der Waals surface area contributed by atoms with Crippen molar-refractivity contribution in [3.05, 3.63) is 75.9 Å². The summed E-state index contributed by atoms with van der Waals surface area (Å²) >= 11 is 7.58. The van der Waals surface area contributed by atoms with Gasteiger partial charge in [-0.25, -0.2) is 13.1 Å². The minimum absolute atomic E-state index is 0.0631. The van der Waals surface area contributed by atoms with Crippen LogP contribution in [0.2, 0.25) is 5.02 Å². The van der Waals surface area contributed by atoms with Gasteiger partial charge in [0.1, 0.15) is 5.75 Å². The number of halogens is 1. The second kappa shape index (κ2) is 10.4. The van der Waals surface area contributed by atoms with Crippen LogP contribution in [0.1, 0.15) is 17.8 Å². The molecule has 1 saturated heterocycles. The Morgan fingerprint density at radius 2 is 1.70 bits per heavy atom. The molecule has 176 valence electrons. The zero-order valence-electron chi connectivity index (χ0n) is 18.6. The molecule has 1 aliphatic rings. The van der Waals surface area contributed by atoms with Gasteiger partial charge < -0.3 is 9.64 Å². The van der Waals surface area contributed by atoms with Crippen LogP contribution in [0, 0.1) is 0 Å². The highest BCUT2D eigenvalue weighted by Crippen LogP contribution is 2.33. The average Bonchev–Trinajstić information content (AvgIpc) is 3.34. The van der Waals surface area contributed by atoms with E-state index in [1.54, 1.807) is 30.6 Å². The summed E-state index contributed by atoms with van der Waals surface area (Å²) in [5, 5.41) is 2.54. The monoisotopic (exact) mass is 505 g/mol. The summed E-state index contributed by atoms with van der Waals surface area (Å²) < 4.78 is 34.5. The van der Waals surface area contributed by atoms with Gasteiger partial charge in [-0.1, -0.05) is 29.8 Å². The summed E-state index contributed by atoms with van der Waals surface area (Å²) in [6, 6.07) is 18.0. The summed E-state index contributed by atoms with van der Waals surface area (Å²) in [4.78, 5) is 6.05. The van der Waals surface area contributed by atoms with Crippen molar-refractivity contribution < 1.29 is 13.2 Å². The Morgan fingerprint density at radius 3 is 2.33 bits per heavy atom. The van der Waals surface area contributed by atoms with Gasteiger partial charge in [0.05, 0.1) is 23.7 Å². The molecular weight excluding hydrogens is 478 g/mol. The van der Waals surface area contributed by atoms with Crippen molar-refractivity contribution in [2.75, 3.05) is 38.2 Å². The molecule has 1 aromatic heterocycles. The molecule has 0 unspecified atom stereocenters. The molecule has 3 aromatic rings. The number of nitrogens with zero attached hydrogens (tertiary/aromatic N) is 2. The van der Waals surface area contributed by atoms with Gasteiger partial charge in [-0.05, 0) is 54.8 Å². The van der Waals surface area contributed by atoms with E-state index in [1.165, 1.54) is 12.1 Å². The smallest absolute Gasteiger partial charge is 0.240 e. The minimum Gasteiger partial charge on any atom is -0.495 e. The third-order valence-electron chi connectivity index (χ3n) is 5.91. The fraction of sp³-hybridized carbons (Fsp3) is 0.333. The fourth-order valence-corrected chi connectivity index (χ4v) is 6.66. The SMILES string of the molecule is COc1ccccc1N1CCN([C@@H](c2cccs2)[C@@H](C)NS(=O)(=O)c2ccc(Cl)cc2)CC1. The lowest BCUT2D eigenvalue weighted by Crippen LogP contribution is -2.52. The molecule has 1 aliphatic heterocycles. The summed E-state index contributed by atoms with van der Waals surface area (Å²) in [6.45, 7) is 5.23. The molecule has 1 N–H and O–H groups in total. The van der Waals surface area contributed by atoms with Crippen LogP contribution in [0.4, 0.5) is 5.69 Å². The van der Waals surface area contributed by atoms with E-state index in [-0.39, 0.29) is 17.0 Å². The molecule has 33 heavy (non-hydrogen) atoms. The van der Waals surface area contributed by atoms with E-state index < -0.39 is 10.0 Å². The lowest BCUT2D eigenvalue weighted by atomic mass is 10.1. The van der Waals surface area contributed by atoms with E-state index in [1.807, 2.05) is 36.6 Å². The number of hydrogen-bond acceptors (Lipinski definition) is 6. The first-order chi connectivity index (χ1) is 15.9. The van der Waals surface area contributed by atoms with Crippen LogP contribution in [0.15, 0.2) is 70.9 Å². The number of para-hydroxylation sites is 2. The average molecular weight is 506 g/mol. The van der Waals surface area contributed by atoms with Gasteiger partial charge in [0.15, 0.2) is 0 Å². The molecule has 1 fully saturated rings. The summed E-state index contributed by atoms with van der Waals surface area (Å²) in [7, 11) is -1.98. The van der Waals surface area contributed by atoms with Crippen LogP contribution in [0.25, 0.3) is 0 Å². The lowest BCUT2D eigenvalue weighted by Gasteiger charge is -2.42. The number of thiophene rings is 1. The zero-order valence-corrected chi connectivity index (χ0v) is 21.0. The predicted molar refractivity (Wildman–Crippen MR) is 135 cm³/mol. The topological polar surface area (TPSA) is 61.9 Å². The highest BCUT2D eigenvalue weighted by Gasteiger charge is 2.33. The summed E-state index contributed by atoms with van der Waals surface area (Å²) in [5.74, 6) is 0.866. The summed E-state index contributed by atoms with van der Waals surface area (Å²) in [6.07, 6.45) is 0. The quantitative estimate of drug-likeness (QED) is 0.483. The molecule has 0 bridgehead atoms. The Labute approximate surface area is 204 Å². The molecule has 9 heteroatoms. The largest absolute Gasteiger partial charge is 0.495 e. The van der Waals surface area contributed by atoms with Crippen LogP contribution >= 0.6 is 22.9 Å². The molecule has 0 aliphatic carbocycles. The first-order valence-corrected chi connectivity index (χ1v) is 13.6. The molecule has 0 spiro atoms. The number of methoxy groups -OCH3 is 1. The van der Waals surface area contributed by atoms with Crippen molar-refractivity contribution in [2.45, 2.75) is 23.9 Å². The van der Waals surface area contributed by atoms with Crippen LogP contribution in [-0.2, 0) is 10.0 Å². The first-order valence-electron chi connectivity index (χ1n) is 10.8. The van der Waals surface area contributed by atoms with Crippen molar-refractivity contribution in [3.63, 3.8) is 0 Å².